The Hall–Kier alpha value is -1.16. The zero-order chi connectivity index (χ0) is 14.8. The normalized spacial score (nSPS) is 12.3. The lowest BCUT2D eigenvalue weighted by Gasteiger charge is -2.28. The van der Waals surface area contributed by atoms with Crippen molar-refractivity contribution >= 4 is 14.1 Å². The molecule has 0 amide bonds. The standard InChI is InChI=1S/C13H19O5P/c1-9-7-10(2)12(13(3,4)5-6-14)11(8-9)18-19(15,16)17/h6-8H,5H2,1-4H3,(H2,15,16,17). The van der Waals surface area contributed by atoms with Crippen LogP contribution >= 0.6 is 7.82 Å². The van der Waals surface area contributed by atoms with Crippen LogP contribution in [0.2, 0.25) is 0 Å². The lowest BCUT2D eigenvalue weighted by atomic mass is 9.79. The van der Waals surface area contributed by atoms with E-state index in [9.17, 15) is 9.36 Å². The van der Waals surface area contributed by atoms with Gasteiger partial charge in [0.1, 0.15) is 12.0 Å². The summed E-state index contributed by atoms with van der Waals surface area (Å²) < 4.78 is 15.8. The topological polar surface area (TPSA) is 83.8 Å². The molecule has 0 aliphatic carbocycles. The molecule has 0 unspecified atom stereocenters. The van der Waals surface area contributed by atoms with Crippen LogP contribution in [0.25, 0.3) is 0 Å². The van der Waals surface area contributed by atoms with Crippen molar-refractivity contribution in [2.75, 3.05) is 0 Å². The van der Waals surface area contributed by atoms with E-state index < -0.39 is 13.2 Å². The van der Waals surface area contributed by atoms with E-state index in [1.807, 2.05) is 33.8 Å². The monoisotopic (exact) mass is 286 g/mol. The lowest BCUT2D eigenvalue weighted by Crippen LogP contribution is -2.20. The maximum absolute atomic E-state index is 11.1. The smallest absolute Gasteiger partial charge is 0.404 e. The largest absolute Gasteiger partial charge is 0.524 e. The minimum atomic E-state index is -4.63. The van der Waals surface area contributed by atoms with Crippen LogP contribution in [0.3, 0.4) is 0 Å². The van der Waals surface area contributed by atoms with E-state index in [4.69, 9.17) is 14.3 Å². The molecule has 0 fully saturated rings. The Morgan fingerprint density at radius 2 is 1.89 bits per heavy atom. The SMILES string of the molecule is Cc1cc(C)c(C(C)(C)CC=O)c(OP(=O)(O)O)c1. The quantitative estimate of drug-likeness (QED) is 0.642. The van der Waals surface area contributed by atoms with Crippen molar-refractivity contribution in [3.05, 3.63) is 28.8 Å². The summed E-state index contributed by atoms with van der Waals surface area (Å²) in [5.41, 5.74) is 1.78. The van der Waals surface area contributed by atoms with Crippen molar-refractivity contribution in [1.82, 2.24) is 0 Å². The molecule has 1 aromatic carbocycles. The molecule has 5 nitrogen and oxygen atoms in total. The summed E-state index contributed by atoms with van der Waals surface area (Å²) in [7, 11) is -4.63. The Kier molecular flexibility index (Phi) is 4.56. The zero-order valence-electron chi connectivity index (χ0n) is 11.5. The third kappa shape index (κ3) is 4.16. The molecule has 0 spiro atoms. The molecule has 0 saturated heterocycles. The molecule has 0 atom stereocenters. The van der Waals surface area contributed by atoms with Crippen LogP contribution in [0.15, 0.2) is 12.1 Å². The molecule has 106 valence electrons. The molecule has 19 heavy (non-hydrogen) atoms. The Morgan fingerprint density at radius 3 is 2.37 bits per heavy atom. The highest BCUT2D eigenvalue weighted by Gasteiger charge is 2.29. The van der Waals surface area contributed by atoms with Crippen LogP contribution in [-0.4, -0.2) is 16.1 Å². The van der Waals surface area contributed by atoms with Crippen molar-refractivity contribution in [3.63, 3.8) is 0 Å². The van der Waals surface area contributed by atoms with Gasteiger partial charge in [-0.25, -0.2) is 4.57 Å². The summed E-state index contributed by atoms with van der Waals surface area (Å²) in [4.78, 5) is 28.8. The van der Waals surface area contributed by atoms with Gasteiger partial charge < -0.3 is 9.32 Å². The fraction of sp³-hybridized carbons (Fsp3) is 0.462. The van der Waals surface area contributed by atoms with E-state index in [1.165, 1.54) is 0 Å². The fourth-order valence-corrected chi connectivity index (χ4v) is 2.71. The van der Waals surface area contributed by atoms with Crippen LogP contribution in [0.4, 0.5) is 0 Å². The van der Waals surface area contributed by atoms with E-state index in [0.29, 0.717) is 5.56 Å². The second-order valence-electron chi connectivity index (χ2n) is 5.29. The van der Waals surface area contributed by atoms with Gasteiger partial charge in [0.25, 0.3) is 0 Å². The molecule has 6 heteroatoms. The molecular weight excluding hydrogens is 267 g/mol. The predicted molar refractivity (Wildman–Crippen MR) is 72.3 cm³/mol. The zero-order valence-corrected chi connectivity index (χ0v) is 12.4. The van der Waals surface area contributed by atoms with Crippen molar-refractivity contribution in [2.45, 2.75) is 39.5 Å². The number of hydrogen-bond acceptors (Lipinski definition) is 3. The summed E-state index contributed by atoms with van der Waals surface area (Å²) in [6, 6.07) is 3.47. The van der Waals surface area contributed by atoms with Gasteiger partial charge in [-0.3, -0.25) is 9.79 Å². The van der Waals surface area contributed by atoms with Crippen LogP contribution in [0, 0.1) is 13.8 Å². The first kappa shape index (κ1) is 15.9. The minimum Gasteiger partial charge on any atom is -0.404 e. The highest BCUT2D eigenvalue weighted by Crippen LogP contribution is 2.44. The third-order valence-electron chi connectivity index (χ3n) is 2.93. The van der Waals surface area contributed by atoms with Crippen molar-refractivity contribution < 1.29 is 23.7 Å². The number of benzene rings is 1. The first-order valence-corrected chi connectivity index (χ1v) is 7.40. The lowest BCUT2D eigenvalue weighted by molar-refractivity contribution is -0.108. The number of phosphoric acid groups is 1. The minimum absolute atomic E-state index is 0.137. The second-order valence-corrected chi connectivity index (χ2v) is 6.46. The van der Waals surface area contributed by atoms with Crippen molar-refractivity contribution in [2.24, 2.45) is 0 Å². The summed E-state index contributed by atoms with van der Waals surface area (Å²) in [5, 5.41) is 0. The summed E-state index contributed by atoms with van der Waals surface area (Å²) in [6.07, 6.45) is 1.04. The Balaban J connectivity index is 3.44. The molecule has 1 aromatic rings. The van der Waals surface area contributed by atoms with Crippen LogP contribution < -0.4 is 4.52 Å². The Labute approximate surface area is 112 Å². The van der Waals surface area contributed by atoms with Crippen molar-refractivity contribution in [1.29, 1.82) is 0 Å². The summed E-state index contributed by atoms with van der Waals surface area (Å²) in [6.45, 7) is 7.33. The number of rotatable bonds is 5. The van der Waals surface area contributed by atoms with Gasteiger partial charge in [0.2, 0.25) is 0 Å². The third-order valence-corrected chi connectivity index (χ3v) is 3.37. The summed E-state index contributed by atoms with van der Waals surface area (Å²) >= 11 is 0. The van der Waals surface area contributed by atoms with E-state index in [0.717, 1.165) is 17.4 Å². The average molecular weight is 286 g/mol. The Bertz CT molecular complexity index is 530. The van der Waals surface area contributed by atoms with E-state index in [1.54, 1.807) is 6.07 Å². The van der Waals surface area contributed by atoms with Gasteiger partial charge in [-0.05, 0) is 31.0 Å². The number of hydrogen-bond donors (Lipinski definition) is 2. The van der Waals surface area contributed by atoms with E-state index in [-0.39, 0.29) is 12.2 Å². The molecule has 0 aliphatic rings. The summed E-state index contributed by atoms with van der Waals surface area (Å²) in [5.74, 6) is 0.137. The molecule has 0 aromatic heterocycles. The number of carbonyl (C=O) groups is 1. The second kappa shape index (κ2) is 5.45. The van der Waals surface area contributed by atoms with Gasteiger partial charge in [0, 0.05) is 17.4 Å². The predicted octanol–water partition coefficient (Wildman–Crippen LogP) is 2.64. The van der Waals surface area contributed by atoms with Gasteiger partial charge in [-0.1, -0.05) is 19.9 Å². The van der Waals surface area contributed by atoms with Gasteiger partial charge in [0.15, 0.2) is 0 Å². The molecule has 0 heterocycles. The first-order chi connectivity index (χ1) is 8.57. The Morgan fingerprint density at radius 1 is 1.32 bits per heavy atom. The molecule has 1 rings (SSSR count). The highest BCUT2D eigenvalue weighted by atomic mass is 31.2. The molecule has 0 radical (unpaired) electrons. The van der Waals surface area contributed by atoms with Gasteiger partial charge in [-0.15, -0.1) is 0 Å². The van der Waals surface area contributed by atoms with Crippen LogP contribution in [0.1, 0.15) is 37.0 Å². The number of phosphoric ester groups is 1. The molecule has 0 bridgehead atoms. The van der Waals surface area contributed by atoms with Crippen LogP contribution in [-0.2, 0) is 14.8 Å². The highest BCUT2D eigenvalue weighted by molar-refractivity contribution is 7.46. The molecular formula is C13H19O5P. The van der Waals surface area contributed by atoms with Crippen LogP contribution in [0.5, 0.6) is 5.75 Å². The number of aryl methyl sites for hydroxylation is 2. The fourth-order valence-electron chi connectivity index (χ4n) is 2.31. The maximum Gasteiger partial charge on any atom is 0.524 e. The van der Waals surface area contributed by atoms with Gasteiger partial charge >= 0.3 is 7.82 Å². The van der Waals surface area contributed by atoms with Gasteiger partial charge in [-0.2, -0.15) is 0 Å². The molecule has 0 saturated carbocycles. The van der Waals surface area contributed by atoms with Crippen molar-refractivity contribution in [3.8, 4) is 5.75 Å². The number of carbonyl (C=O) groups excluding carboxylic acids is 1. The maximum atomic E-state index is 11.1. The number of aldehydes is 1. The average Bonchev–Trinajstić information content (AvgIpc) is 2.11. The van der Waals surface area contributed by atoms with E-state index in [2.05, 4.69) is 0 Å². The van der Waals surface area contributed by atoms with Gasteiger partial charge in [0.05, 0.1) is 0 Å². The van der Waals surface area contributed by atoms with E-state index >= 15 is 0 Å². The molecule has 0 aliphatic heterocycles. The first-order valence-electron chi connectivity index (χ1n) is 5.87. The molecule has 2 N–H and O–H groups in total.